The van der Waals surface area contributed by atoms with Crippen molar-refractivity contribution in [2.75, 3.05) is 7.11 Å². The van der Waals surface area contributed by atoms with Gasteiger partial charge in [0.25, 0.3) is 0 Å². The van der Waals surface area contributed by atoms with Gasteiger partial charge in [-0.2, -0.15) is 0 Å². The van der Waals surface area contributed by atoms with Crippen LogP contribution in [-0.4, -0.2) is 21.6 Å². The summed E-state index contributed by atoms with van der Waals surface area (Å²) in [5.74, 6) is 0.869. The molecule has 0 atom stereocenters. The molecule has 0 saturated heterocycles. The van der Waals surface area contributed by atoms with E-state index in [2.05, 4.69) is 11.1 Å². The number of aliphatic hydroxyl groups is 1. The van der Waals surface area contributed by atoms with E-state index in [-0.39, 0.29) is 6.61 Å². The number of methoxy groups -OCH3 is 1. The smallest absolute Gasteiger partial charge is 0.142 e. The number of aliphatic hydroxyl groups excluding tert-OH is 1. The Kier molecular flexibility index (Phi) is 3.16. The van der Waals surface area contributed by atoms with Crippen molar-refractivity contribution in [2.45, 2.75) is 13.5 Å². The van der Waals surface area contributed by atoms with Crippen LogP contribution in [0.15, 0.2) is 42.7 Å². The van der Waals surface area contributed by atoms with Crippen LogP contribution in [0.2, 0.25) is 0 Å². The van der Waals surface area contributed by atoms with Gasteiger partial charge >= 0.3 is 0 Å². The number of hydrogen-bond donors (Lipinski definition) is 1. The number of aromatic nitrogens is 2. The number of ether oxygens (including phenoxy) is 1. The molecule has 1 N–H and O–H groups in total. The lowest BCUT2D eigenvalue weighted by atomic mass is 10.1. The molecule has 0 unspecified atom stereocenters. The molecular weight excluding hydrogens is 252 g/mol. The van der Waals surface area contributed by atoms with Crippen molar-refractivity contribution in [3.8, 4) is 17.0 Å². The van der Waals surface area contributed by atoms with E-state index in [4.69, 9.17) is 4.74 Å². The fourth-order valence-corrected chi connectivity index (χ4v) is 2.37. The van der Waals surface area contributed by atoms with Crippen molar-refractivity contribution in [2.24, 2.45) is 0 Å². The number of pyridine rings is 1. The molecule has 0 saturated carbocycles. The molecule has 0 amide bonds. The fraction of sp³-hybridized carbons (Fsp3) is 0.188. The number of aryl methyl sites for hydroxylation is 1. The molecule has 0 aliphatic carbocycles. The maximum atomic E-state index is 9.36. The maximum Gasteiger partial charge on any atom is 0.142 e. The van der Waals surface area contributed by atoms with Gasteiger partial charge in [-0.15, -0.1) is 0 Å². The van der Waals surface area contributed by atoms with Gasteiger partial charge in [-0.05, 0) is 36.8 Å². The summed E-state index contributed by atoms with van der Waals surface area (Å²) >= 11 is 0. The van der Waals surface area contributed by atoms with Crippen LogP contribution >= 0.6 is 0 Å². The normalized spacial score (nSPS) is 10.9. The Bertz CT molecular complexity index is 762. The van der Waals surface area contributed by atoms with Gasteiger partial charge in [-0.1, -0.05) is 6.07 Å². The second-order valence-corrected chi connectivity index (χ2v) is 4.73. The van der Waals surface area contributed by atoms with Crippen LogP contribution in [0.3, 0.4) is 0 Å². The molecule has 2 heterocycles. The second-order valence-electron chi connectivity index (χ2n) is 4.73. The van der Waals surface area contributed by atoms with E-state index in [9.17, 15) is 5.11 Å². The first-order chi connectivity index (χ1) is 9.72. The number of hydrogen-bond acceptors (Lipinski definition) is 3. The third kappa shape index (κ3) is 2.04. The van der Waals surface area contributed by atoms with E-state index in [1.165, 1.54) is 0 Å². The van der Waals surface area contributed by atoms with Crippen LogP contribution in [0.4, 0.5) is 0 Å². The summed E-state index contributed by atoms with van der Waals surface area (Å²) < 4.78 is 7.20. The molecular formula is C16H16N2O2. The van der Waals surface area contributed by atoms with E-state index in [1.54, 1.807) is 7.11 Å². The summed E-state index contributed by atoms with van der Waals surface area (Å²) in [7, 11) is 1.67. The molecule has 4 nitrogen and oxygen atoms in total. The first-order valence-corrected chi connectivity index (χ1v) is 6.45. The van der Waals surface area contributed by atoms with E-state index in [0.29, 0.717) is 0 Å². The van der Waals surface area contributed by atoms with Gasteiger partial charge in [0.05, 0.1) is 19.4 Å². The Labute approximate surface area is 117 Å². The van der Waals surface area contributed by atoms with Gasteiger partial charge in [0.1, 0.15) is 11.4 Å². The molecule has 3 aromatic rings. The zero-order valence-electron chi connectivity index (χ0n) is 11.5. The quantitative estimate of drug-likeness (QED) is 0.794. The second kappa shape index (κ2) is 4.98. The zero-order valence-corrected chi connectivity index (χ0v) is 11.5. The molecule has 0 spiro atoms. The minimum atomic E-state index is -0.0115. The minimum absolute atomic E-state index is 0.0115. The monoisotopic (exact) mass is 268 g/mol. The van der Waals surface area contributed by atoms with E-state index >= 15 is 0 Å². The number of imidazole rings is 1. The molecule has 3 rings (SSSR count). The van der Waals surface area contributed by atoms with Crippen molar-refractivity contribution in [3.63, 3.8) is 0 Å². The van der Waals surface area contributed by atoms with Crippen LogP contribution in [-0.2, 0) is 6.61 Å². The van der Waals surface area contributed by atoms with Crippen LogP contribution in [0.25, 0.3) is 16.9 Å². The predicted octanol–water partition coefficient (Wildman–Crippen LogP) is 2.81. The minimum Gasteiger partial charge on any atom is -0.496 e. The van der Waals surface area contributed by atoms with Crippen molar-refractivity contribution in [1.29, 1.82) is 0 Å². The summed E-state index contributed by atoms with van der Waals surface area (Å²) in [6, 6.07) is 9.78. The molecule has 0 fully saturated rings. The average molecular weight is 268 g/mol. The molecule has 2 aromatic heterocycles. The first kappa shape index (κ1) is 12.7. The highest BCUT2D eigenvalue weighted by atomic mass is 16.5. The molecule has 0 aliphatic heterocycles. The lowest BCUT2D eigenvalue weighted by Crippen LogP contribution is -1.90. The van der Waals surface area contributed by atoms with Crippen LogP contribution in [0, 0.1) is 6.92 Å². The Hall–Kier alpha value is -2.33. The third-order valence-corrected chi connectivity index (χ3v) is 3.42. The number of fused-ring (bicyclic) bond motifs is 1. The summed E-state index contributed by atoms with van der Waals surface area (Å²) in [6.45, 7) is 2.00. The standard InChI is InChI=1S/C16H16N2O2/c1-11-8-12(5-6-15(11)20-2)14-9-18-7-3-4-13(10-19)16(18)17-14/h3-9,19H,10H2,1-2H3. The van der Waals surface area contributed by atoms with Crippen LogP contribution in [0.5, 0.6) is 5.75 Å². The molecule has 102 valence electrons. The van der Waals surface area contributed by atoms with Gasteiger partial charge in [0, 0.05) is 23.5 Å². The summed E-state index contributed by atoms with van der Waals surface area (Å²) in [5, 5.41) is 9.36. The van der Waals surface area contributed by atoms with E-state index in [0.717, 1.165) is 33.8 Å². The number of nitrogens with zero attached hydrogens (tertiary/aromatic N) is 2. The van der Waals surface area contributed by atoms with Gasteiger partial charge < -0.3 is 14.2 Å². The zero-order chi connectivity index (χ0) is 14.1. The Morgan fingerprint density at radius 1 is 1.30 bits per heavy atom. The summed E-state index contributed by atoms with van der Waals surface area (Å²) in [5.41, 5.74) is 4.61. The van der Waals surface area contributed by atoms with Crippen molar-refractivity contribution >= 4 is 5.65 Å². The van der Waals surface area contributed by atoms with E-state index in [1.807, 2.05) is 48.0 Å². The molecule has 4 heteroatoms. The molecule has 1 aromatic carbocycles. The largest absolute Gasteiger partial charge is 0.496 e. The first-order valence-electron chi connectivity index (χ1n) is 6.45. The SMILES string of the molecule is COc1ccc(-c2cn3cccc(CO)c3n2)cc1C. The average Bonchev–Trinajstić information content (AvgIpc) is 2.91. The topological polar surface area (TPSA) is 46.8 Å². The van der Waals surface area contributed by atoms with Crippen LogP contribution < -0.4 is 4.74 Å². The predicted molar refractivity (Wildman–Crippen MR) is 77.8 cm³/mol. The lowest BCUT2D eigenvalue weighted by molar-refractivity contribution is 0.282. The molecule has 20 heavy (non-hydrogen) atoms. The summed E-state index contributed by atoms with van der Waals surface area (Å²) in [6.07, 6.45) is 3.90. The highest BCUT2D eigenvalue weighted by Gasteiger charge is 2.09. The lowest BCUT2D eigenvalue weighted by Gasteiger charge is -2.05. The van der Waals surface area contributed by atoms with Gasteiger partial charge in [0.15, 0.2) is 0 Å². The van der Waals surface area contributed by atoms with Gasteiger partial charge in [-0.3, -0.25) is 0 Å². The highest BCUT2D eigenvalue weighted by molar-refractivity contribution is 5.66. The Balaban J connectivity index is 2.12. The molecule has 0 bridgehead atoms. The maximum absolute atomic E-state index is 9.36. The fourth-order valence-electron chi connectivity index (χ4n) is 2.37. The van der Waals surface area contributed by atoms with Gasteiger partial charge in [-0.25, -0.2) is 4.98 Å². The van der Waals surface area contributed by atoms with E-state index < -0.39 is 0 Å². The number of rotatable bonds is 3. The Morgan fingerprint density at radius 2 is 2.15 bits per heavy atom. The Morgan fingerprint density at radius 3 is 2.85 bits per heavy atom. The molecule has 0 aliphatic rings. The highest BCUT2D eigenvalue weighted by Crippen LogP contribution is 2.26. The number of benzene rings is 1. The van der Waals surface area contributed by atoms with Crippen molar-refractivity contribution in [3.05, 3.63) is 53.9 Å². The van der Waals surface area contributed by atoms with Crippen molar-refractivity contribution < 1.29 is 9.84 Å². The summed E-state index contributed by atoms with van der Waals surface area (Å²) in [4.78, 5) is 4.61. The molecule has 0 radical (unpaired) electrons. The van der Waals surface area contributed by atoms with Gasteiger partial charge in [0.2, 0.25) is 0 Å². The van der Waals surface area contributed by atoms with Crippen molar-refractivity contribution in [1.82, 2.24) is 9.38 Å². The van der Waals surface area contributed by atoms with Crippen LogP contribution in [0.1, 0.15) is 11.1 Å². The third-order valence-electron chi connectivity index (χ3n) is 3.42.